The molecule has 1 amide bonds. The van der Waals surface area contributed by atoms with Gasteiger partial charge < -0.3 is 9.74 Å². The minimum Gasteiger partial charge on any atom is -0.374 e. The van der Waals surface area contributed by atoms with E-state index in [0.29, 0.717) is 22.6 Å². The van der Waals surface area contributed by atoms with Crippen molar-refractivity contribution in [1.29, 1.82) is 0 Å². The number of oxime groups is 1. The van der Waals surface area contributed by atoms with Gasteiger partial charge in [0.25, 0.3) is 5.60 Å². The highest BCUT2D eigenvalue weighted by Crippen LogP contribution is 2.50. The van der Waals surface area contributed by atoms with Gasteiger partial charge in [0.15, 0.2) is 5.67 Å². The smallest absolute Gasteiger partial charge is 0.374 e. The molecule has 2 fully saturated rings. The number of carbonyl (C=O) groups is 1. The van der Waals surface area contributed by atoms with E-state index in [0.717, 1.165) is 12.1 Å². The number of hydrogen-bond acceptors (Lipinski definition) is 4. The predicted molar refractivity (Wildman–Crippen MR) is 129 cm³/mol. The van der Waals surface area contributed by atoms with Crippen LogP contribution in [0, 0.1) is 5.92 Å². The average Bonchev–Trinajstić information content (AvgIpc) is 3.25. The van der Waals surface area contributed by atoms with Crippen molar-refractivity contribution in [1.82, 2.24) is 4.90 Å². The minimum absolute atomic E-state index is 0.0115. The van der Waals surface area contributed by atoms with Crippen LogP contribution in [0.3, 0.4) is 0 Å². The molecule has 2 aromatic carbocycles. The summed E-state index contributed by atoms with van der Waals surface area (Å²) in [5, 5.41) is 3.30. The van der Waals surface area contributed by atoms with E-state index in [1.165, 1.54) is 29.2 Å². The van der Waals surface area contributed by atoms with E-state index >= 15 is 4.39 Å². The minimum atomic E-state index is -4.86. The highest BCUT2D eigenvalue weighted by Gasteiger charge is 2.62. The summed E-state index contributed by atoms with van der Waals surface area (Å²) in [5.74, 6) is 0.0863. The number of hydrogen-bond donors (Lipinski definition) is 0. The normalized spacial score (nSPS) is 27.1. The largest absolute Gasteiger partial charge is 0.435 e. The topological polar surface area (TPSA) is 59.0 Å². The number of nitrogens with zero attached hydrogens (tertiary/aromatic N) is 2. The molecule has 0 aliphatic carbocycles. The molecule has 0 bridgehead atoms. The summed E-state index contributed by atoms with van der Waals surface area (Å²) in [6.07, 6.45) is -5.52. The first-order valence-electron chi connectivity index (χ1n) is 10.7. The summed E-state index contributed by atoms with van der Waals surface area (Å²) in [6.45, 7) is -0.263. The highest BCUT2D eigenvalue weighted by atomic mass is 35.5. The molecule has 192 valence electrons. The van der Waals surface area contributed by atoms with Gasteiger partial charge in [0, 0.05) is 34.3 Å². The van der Waals surface area contributed by atoms with E-state index in [2.05, 4.69) is 5.16 Å². The molecule has 1 unspecified atom stereocenters. The van der Waals surface area contributed by atoms with Gasteiger partial charge in [0.2, 0.25) is 5.91 Å². The molecule has 5 nitrogen and oxygen atoms in total. The zero-order valence-electron chi connectivity index (χ0n) is 18.3. The first-order chi connectivity index (χ1) is 16.8. The second-order valence-electron chi connectivity index (χ2n) is 9.09. The summed E-state index contributed by atoms with van der Waals surface area (Å²) < 4.78 is 69.2. The number of benzene rings is 2. The van der Waals surface area contributed by atoms with Crippen molar-refractivity contribution in [2.45, 2.75) is 23.9 Å². The van der Waals surface area contributed by atoms with Gasteiger partial charge in [-0.25, -0.2) is 4.39 Å². The van der Waals surface area contributed by atoms with Crippen LogP contribution in [0.1, 0.15) is 23.1 Å². The number of amides is 1. The number of likely N-dealkylation sites (tertiary alicyclic amines) is 1. The lowest BCUT2D eigenvalue weighted by atomic mass is 9.84. The second-order valence-corrected chi connectivity index (χ2v) is 11.8. The van der Waals surface area contributed by atoms with Gasteiger partial charge in [0.05, 0.1) is 39.8 Å². The van der Waals surface area contributed by atoms with Crippen LogP contribution in [0.25, 0.3) is 0 Å². The quantitative estimate of drug-likeness (QED) is 0.347. The highest BCUT2D eigenvalue weighted by molar-refractivity contribution is 7.86. The van der Waals surface area contributed by atoms with Crippen molar-refractivity contribution in [3.8, 4) is 0 Å². The lowest BCUT2D eigenvalue weighted by molar-refractivity contribution is -0.275. The first-order valence-corrected chi connectivity index (χ1v) is 13.4. The maximum Gasteiger partial charge on any atom is 0.435 e. The van der Waals surface area contributed by atoms with Gasteiger partial charge in [-0.15, -0.1) is 0 Å². The van der Waals surface area contributed by atoms with Gasteiger partial charge in [0.1, 0.15) is 0 Å². The van der Waals surface area contributed by atoms with Gasteiger partial charge in [-0.2, -0.15) is 13.2 Å². The molecule has 0 spiro atoms. The Balaban J connectivity index is 1.32. The van der Waals surface area contributed by atoms with Crippen LogP contribution >= 0.6 is 34.8 Å². The van der Waals surface area contributed by atoms with Crippen LogP contribution in [-0.2, 0) is 31.7 Å². The van der Waals surface area contributed by atoms with Crippen LogP contribution in [0.2, 0.25) is 15.1 Å². The van der Waals surface area contributed by atoms with E-state index < -0.39 is 34.7 Å². The molecule has 0 N–H and O–H groups in total. The van der Waals surface area contributed by atoms with Gasteiger partial charge in [-0.3, -0.25) is 9.00 Å². The molecule has 0 aromatic heterocycles. The third-order valence-electron chi connectivity index (χ3n) is 6.69. The lowest BCUT2D eigenvalue weighted by Crippen LogP contribution is -2.62. The molecule has 2 aromatic rings. The Kier molecular flexibility index (Phi) is 6.34. The number of rotatable bonds is 4. The van der Waals surface area contributed by atoms with Crippen LogP contribution in [0.5, 0.6) is 0 Å². The van der Waals surface area contributed by atoms with Crippen LogP contribution < -0.4 is 0 Å². The van der Waals surface area contributed by atoms with Crippen molar-refractivity contribution in [3.63, 3.8) is 0 Å². The fraction of sp³-hybridized carbons (Fsp3) is 0.391. The third kappa shape index (κ3) is 4.19. The van der Waals surface area contributed by atoms with E-state index in [4.69, 9.17) is 39.6 Å². The SMILES string of the molecule is O=C(C1CS(=O)C1)N1CC(F)(c2ccc(C3=NOC(c4cc(Cl)c(Cl)c(Cl)c4)(C(F)(F)F)C3)cc2)C1. The summed E-state index contributed by atoms with van der Waals surface area (Å²) in [5.41, 5.74) is -4.30. The number of halogens is 7. The number of carbonyl (C=O) groups excluding carboxylic acids is 1. The third-order valence-corrected chi connectivity index (χ3v) is 9.43. The van der Waals surface area contributed by atoms with Crippen molar-refractivity contribution in [3.05, 3.63) is 68.2 Å². The monoisotopic (exact) mass is 582 g/mol. The summed E-state index contributed by atoms with van der Waals surface area (Å²) >= 11 is 17.8. The van der Waals surface area contributed by atoms with Gasteiger partial charge >= 0.3 is 6.18 Å². The van der Waals surface area contributed by atoms with Crippen LogP contribution in [-0.4, -0.2) is 51.5 Å². The van der Waals surface area contributed by atoms with Crippen LogP contribution in [0.4, 0.5) is 17.6 Å². The second kappa shape index (κ2) is 8.85. The Hall–Kier alpha value is -1.88. The van der Waals surface area contributed by atoms with E-state index in [-0.39, 0.29) is 51.3 Å². The molecule has 5 rings (SSSR count). The van der Waals surface area contributed by atoms with Crippen LogP contribution in [0.15, 0.2) is 41.6 Å². The van der Waals surface area contributed by atoms with Crippen molar-refractivity contribution >= 4 is 57.2 Å². The van der Waals surface area contributed by atoms with Crippen molar-refractivity contribution in [2.75, 3.05) is 24.6 Å². The lowest BCUT2D eigenvalue weighted by Gasteiger charge is -2.46. The fourth-order valence-corrected chi connectivity index (χ4v) is 6.19. The molecule has 3 heterocycles. The summed E-state index contributed by atoms with van der Waals surface area (Å²) in [6, 6.07) is 7.94. The van der Waals surface area contributed by atoms with Crippen molar-refractivity contribution < 1.29 is 31.4 Å². The van der Waals surface area contributed by atoms with E-state index in [1.54, 1.807) is 0 Å². The predicted octanol–water partition coefficient (Wildman–Crippen LogP) is 5.61. The summed E-state index contributed by atoms with van der Waals surface area (Å²) in [7, 11) is -0.976. The standard InChI is InChI=1S/C23H17Cl3F4N2O3S/c24-16-5-15(6-17(25)19(16)26)22(23(28,29)30)7-18(31-35-22)12-1-3-14(4-2-12)21(27)10-32(11-21)20(33)13-8-36(34)9-13/h1-6,13H,7-11H2. The molecule has 2 saturated heterocycles. The molecule has 36 heavy (non-hydrogen) atoms. The maximum absolute atomic E-state index is 15.3. The zero-order chi connectivity index (χ0) is 26.0. The molecule has 0 saturated carbocycles. The first kappa shape index (κ1) is 25.8. The Morgan fingerprint density at radius 1 is 1.06 bits per heavy atom. The summed E-state index contributed by atoms with van der Waals surface area (Å²) in [4.78, 5) is 18.7. The van der Waals surface area contributed by atoms with E-state index in [1.807, 2.05) is 0 Å². The molecular formula is C23H17Cl3F4N2O3S. The Morgan fingerprint density at radius 2 is 1.64 bits per heavy atom. The number of alkyl halides is 4. The van der Waals surface area contributed by atoms with E-state index in [9.17, 15) is 22.2 Å². The molecule has 3 aliphatic rings. The molecule has 1 atom stereocenters. The average molecular weight is 584 g/mol. The Bertz CT molecular complexity index is 1270. The Labute approximate surface area is 220 Å². The van der Waals surface area contributed by atoms with Gasteiger partial charge in [-0.05, 0) is 23.3 Å². The zero-order valence-corrected chi connectivity index (χ0v) is 21.3. The molecule has 3 aliphatic heterocycles. The fourth-order valence-electron chi connectivity index (χ4n) is 4.51. The van der Waals surface area contributed by atoms with Gasteiger partial charge in [-0.1, -0.05) is 64.2 Å². The molecule has 13 heteroatoms. The maximum atomic E-state index is 15.3. The van der Waals surface area contributed by atoms with Crippen molar-refractivity contribution in [2.24, 2.45) is 11.1 Å². The Morgan fingerprint density at radius 3 is 2.17 bits per heavy atom. The molecular weight excluding hydrogens is 567 g/mol. The molecule has 0 radical (unpaired) electrons.